The summed E-state index contributed by atoms with van der Waals surface area (Å²) >= 11 is 1.81. The number of piperidine rings is 1. The third-order valence-electron chi connectivity index (χ3n) is 5.41. The summed E-state index contributed by atoms with van der Waals surface area (Å²) < 4.78 is 1.25. The van der Waals surface area contributed by atoms with E-state index in [0.29, 0.717) is 5.92 Å². The minimum absolute atomic E-state index is 0.175. The average molecular weight is 368 g/mol. The van der Waals surface area contributed by atoms with Crippen molar-refractivity contribution in [3.63, 3.8) is 0 Å². The number of thiazole rings is 1. The zero-order valence-electron chi connectivity index (χ0n) is 14.7. The summed E-state index contributed by atoms with van der Waals surface area (Å²) in [4.78, 5) is 17.1. The number of nitro groups is 1. The number of hydrogen-bond acceptors (Lipinski definition) is 4. The monoisotopic (exact) mass is 368 g/mol. The Bertz CT molecular complexity index is 906. The van der Waals surface area contributed by atoms with Crippen molar-refractivity contribution in [2.75, 3.05) is 13.1 Å². The van der Waals surface area contributed by atoms with Gasteiger partial charge in [0.15, 0.2) is 0 Å². The normalized spacial score (nSPS) is 21.6. The number of nitrogens with one attached hydrogen (secondary N) is 1. The summed E-state index contributed by atoms with van der Waals surface area (Å²) in [6.07, 6.45) is 2.33. The second kappa shape index (κ2) is 7.13. The summed E-state index contributed by atoms with van der Waals surface area (Å²) in [6.45, 7) is 4.31. The summed E-state index contributed by atoms with van der Waals surface area (Å²) in [6, 6.07) is 15.6. The molecule has 4 rings (SSSR count). The molecule has 26 heavy (non-hydrogen) atoms. The highest BCUT2D eigenvalue weighted by Crippen LogP contribution is 2.30. The third-order valence-corrected chi connectivity index (χ3v) is 6.61. The van der Waals surface area contributed by atoms with E-state index in [-0.39, 0.29) is 16.7 Å². The molecule has 1 aliphatic heterocycles. The smallest absolute Gasteiger partial charge is 0.269 e. The molecule has 2 aromatic carbocycles. The Balaban J connectivity index is 1.54. The van der Waals surface area contributed by atoms with Crippen LogP contribution in [-0.4, -0.2) is 23.0 Å². The second-order valence-electron chi connectivity index (χ2n) is 7.05. The quantitative estimate of drug-likeness (QED) is 0.564. The molecule has 1 unspecified atom stereocenters. The second-order valence-corrected chi connectivity index (χ2v) is 8.11. The van der Waals surface area contributed by atoms with Gasteiger partial charge >= 0.3 is 0 Å². The highest BCUT2D eigenvalue weighted by Gasteiger charge is 2.31. The molecule has 1 aromatic heterocycles. The van der Waals surface area contributed by atoms with Crippen molar-refractivity contribution in [2.24, 2.45) is 0 Å². The van der Waals surface area contributed by atoms with Gasteiger partial charge in [0.05, 0.1) is 34.1 Å². The first-order chi connectivity index (χ1) is 12.6. The number of likely N-dealkylation sites (tertiary alicyclic amines) is 1. The average Bonchev–Trinajstić information content (AvgIpc) is 3.12. The van der Waals surface area contributed by atoms with Crippen LogP contribution in [-0.2, 0) is 0 Å². The third kappa shape index (κ3) is 3.34. The summed E-state index contributed by atoms with van der Waals surface area (Å²) in [5.41, 5.74) is 2.30. The summed E-state index contributed by atoms with van der Waals surface area (Å²) in [5.74, 6) is 0.470. The van der Waals surface area contributed by atoms with Gasteiger partial charge in [-0.05, 0) is 31.9 Å². The molecule has 134 valence electrons. The standard InChI is InChI=1S/C20H21N3O2S/c1-14(15-6-4-8-17(12-15)23(24)25)22-11-5-7-16(13-22)20-21-18-9-2-3-10-19(18)26-20/h2-4,6,8-10,12,14,16H,5,7,11,13H2,1H3/p+1/t14-,16-/m0/s1. The van der Waals surface area contributed by atoms with Crippen LogP contribution in [0.4, 0.5) is 5.69 Å². The molecule has 3 atom stereocenters. The molecule has 1 N–H and O–H groups in total. The van der Waals surface area contributed by atoms with E-state index in [9.17, 15) is 10.1 Å². The number of hydrogen-bond donors (Lipinski definition) is 1. The molecule has 1 aliphatic rings. The van der Waals surface area contributed by atoms with Crippen molar-refractivity contribution in [1.82, 2.24) is 4.98 Å². The fourth-order valence-corrected chi connectivity index (χ4v) is 5.01. The SMILES string of the molecule is C[C@@H](c1cccc([N+](=O)[O-])c1)[NH+]1CCC[C@H](c2nc3ccccc3s2)C1. The van der Waals surface area contributed by atoms with Crippen LogP contribution in [0.25, 0.3) is 10.2 Å². The van der Waals surface area contributed by atoms with Gasteiger partial charge in [0, 0.05) is 17.7 Å². The molecule has 3 aromatic rings. The van der Waals surface area contributed by atoms with Crippen LogP contribution in [0.1, 0.15) is 42.3 Å². The van der Waals surface area contributed by atoms with Crippen LogP contribution < -0.4 is 4.90 Å². The van der Waals surface area contributed by atoms with E-state index in [4.69, 9.17) is 4.98 Å². The van der Waals surface area contributed by atoms with Gasteiger partial charge in [-0.1, -0.05) is 24.3 Å². The minimum Gasteiger partial charge on any atom is -0.328 e. The van der Waals surface area contributed by atoms with E-state index in [1.807, 2.05) is 12.1 Å². The lowest BCUT2D eigenvalue weighted by Crippen LogP contribution is -3.13. The number of rotatable bonds is 4. The Labute approximate surface area is 156 Å². The van der Waals surface area contributed by atoms with Crippen molar-refractivity contribution < 1.29 is 9.82 Å². The zero-order chi connectivity index (χ0) is 18.1. The lowest BCUT2D eigenvalue weighted by molar-refractivity contribution is -0.935. The fourth-order valence-electron chi connectivity index (χ4n) is 3.91. The number of benzene rings is 2. The van der Waals surface area contributed by atoms with Gasteiger partial charge in [-0.2, -0.15) is 0 Å². The molecule has 1 fully saturated rings. The lowest BCUT2D eigenvalue weighted by atomic mass is 9.95. The van der Waals surface area contributed by atoms with E-state index in [1.54, 1.807) is 29.5 Å². The Morgan fingerprint density at radius 3 is 2.92 bits per heavy atom. The molecular formula is C20H22N3O2S+. The summed E-state index contributed by atoms with van der Waals surface area (Å²) in [5, 5.41) is 12.3. The topological polar surface area (TPSA) is 60.5 Å². The number of para-hydroxylation sites is 1. The molecule has 0 radical (unpaired) electrons. The van der Waals surface area contributed by atoms with Gasteiger partial charge in [-0.25, -0.2) is 4.98 Å². The maximum atomic E-state index is 11.1. The molecular weight excluding hydrogens is 346 g/mol. The van der Waals surface area contributed by atoms with Crippen LogP contribution in [0.3, 0.4) is 0 Å². The van der Waals surface area contributed by atoms with Gasteiger partial charge in [0.1, 0.15) is 11.0 Å². The first-order valence-electron chi connectivity index (χ1n) is 9.06. The van der Waals surface area contributed by atoms with E-state index in [0.717, 1.165) is 30.6 Å². The number of nitrogens with zero attached hydrogens (tertiary/aromatic N) is 2. The number of quaternary nitrogens is 1. The molecule has 2 heterocycles. The number of non-ortho nitro benzene ring substituents is 1. The predicted molar refractivity (Wildman–Crippen MR) is 104 cm³/mol. The van der Waals surface area contributed by atoms with Crippen LogP contribution in [0.2, 0.25) is 0 Å². The van der Waals surface area contributed by atoms with E-state index in [1.165, 1.54) is 21.0 Å². The van der Waals surface area contributed by atoms with E-state index >= 15 is 0 Å². The van der Waals surface area contributed by atoms with Crippen LogP contribution >= 0.6 is 11.3 Å². The zero-order valence-corrected chi connectivity index (χ0v) is 15.5. The molecule has 0 spiro atoms. The largest absolute Gasteiger partial charge is 0.328 e. The molecule has 0 amide bonds. The first-order valence-corrected chi connectivity index (χ1v) is 9.88. The molecule has 5 nitrogen and oxygen atoms in total. The fraction of sp³-hybridized carbons (Fsp3) is 0.350. The van der Waals surface area contributed by atoms with Crippen LogP contribution in [0.5, 0.6) is 0 Å². The maximum Gasteiger partial charge on any atom is 0.269 e. The van der Waals surface area contributed by atoms with Crippen molar-refractivity contribution >= 4 is 27.2 Å². The molecule has 1 saturated heterocycles. The highest BCUT2D eigenvalue weighted by molar-refractivity contribution is 7.18. The van der Waals surface area contributed by atoms with Gasteiger partial charge in [-0.15, -0.1) is 11.3 Å². The van der Waals surface area contributed by atoms with Crippen LogP contribution in [0, 0.1) is 10.1 Å². The lowest BCUT2D eigenvalue weighted by Gasteiger charge is -2.33. The van der Waals surface area contributed by atoms with Crippen molar-refractivity contribution in [1.29, 1.82) is 0 Å². The van der Waals surface area contributed by atoms with E-state index in [2.05, 4.69) is 25.1 Å². The number of aromatic nitrogens is 1. The Morgan fingerprint density at radius 1 is 1.27 bits per heavy atom. The molecule has 0 bridgehead atoms. The Kier molecular flexibility index (Phi) is 4.70. The number of fused-ring (bicyclic) bond motifs is 1. The van der Waals surface area contributed by atoms with Crippen molar-refractivity contribution in [3.8, 4) is 0 Å². The van der Waals surface area contributed by atoms with Crippen molar-refractivity contribution in [2.45, 2.75) is 31.7 Å². The van der Waals surface area contributed by atoms with E-state index < -0.39 is 0 Å². The van der Waals surface area contributed by atoms with Gasteiger partial charge in [0.2, 0.25) is 0 Å². The first kappa shape index (κ1) is 17.1. The minimum atomic E-state index is -0.314. The van der Waals surface area contributed by atoms with Gasteiger partial charge < -0.3 is 4.90 Å². The summed E-state index contributed by atoms with van der Waals surface area (Å²) in [7, 11) is 0. The Hall–Kier alpha value is -2.31. The van der Waals surface area contributed by atoms with Crippen molar-refractivity contribution in [3.05, 3.63) is 69.2 Å². The van der Waals surface area contributed by atoms with Crippen LogP contribution in [0.15, 0.2) is 48.5 Å². The van der Waals surface area contributed by atoms with Gasteiger partial charge in [0.25, 0.3) is 5.69 Å². The predicted octanol–water partition coefficient (Wildman–Crippen LogP) is 3.73. The number of nitro benzene ring substituents is 1. The maximum absolute atomic E-state index is 11.1. The Morgan fingerprint density at radius 2 is 2.12 bits per heavy atom. The molecule has 0 aliphatic carbocycles. The highest BCUT2D eigenvalue weighted by atomic mass is 32.1. The molecule has 6 heteroatoms. The van der Waals surface area contributed by atoms with Gasteiger partial charge in [-0.3, -0.25) is 10.1 Å². The molecule has 0 saturated carbocycles.